The highest BCUT2D eigenvalue weighted by Crippen LogP contribution is 2.41. The van der Waals surface area contributed by atoms with E-state index in [1.165, 1.54) is 55.3 Å². The molecule has 1 nitrogen and oxygen atoms in total. The molecule has 0 fully saturated rings. The summed E-state index contributed by atoms with van der Waals surface area (Å²) in [5.74, 6) is 0.335. The number of rotatable bonds is 3. The van der Waals surface area contributed by atoms with Crippen molar-refractivity contribution in [2.24, 2.45) is 4.99 Å². The number of aryl methyl sites for hydroxylation is 3. The van der Waals surface area contributed by atoms with Gasteiger partial charge < -0.3 is 0 Å². The van der Waals surface area contributed by atoms with Gasteiger partial charge in [-0.15, -0.1) is 0 Å². The molecule has 0 aromatic heterocycles. The van der Waals surface area contributed by atoms with E-state index in [2.05, 4.69) is 102 Å². The molecule has 0 heterocycles. The van der Waals surface area contributed by atoms with Gasteiger partial charge in [-0.25, -0.2) is 0 Å². The third-order valence-electron chi connectivity index (χ3n) is 6.23. The lowest BCUT2D eigenvalue weighted by Crippen LogP contribution is -2.04. The standard InChI is InChI=1S/C28H29N/c1-17-13-20(4)28(21(5)14-17)29-16-26-24-10-8-7-9-23(24)11-12-25(26)27-19(3)15-18(2)22(27)6/h7-16,27H,1-6H3. The predicted octanol–water partition coefficient (Wildman–Crippen LogP) is 7.90. The van der Waals surface area contributed by atoms with Crippen molar-refractivity contribution < 1.29 is 0 Å². The summed E-state index contributed by atoms with van der Waals surface area (Å²) in [6, 6.07) is 17.6. The number of aliphatic imine (C=N–C) groups is 1. The Kier molecular flexibility index (Phi) is 5.00. The number of hydrogen-bond donors (Lipinski definition) is 0. The fourth-order valence-electron chi connectivity index (χ4n) is 4.80. The molecule has 0 saturated heterocycles. The van der Waals surface area contributed by atoms with Crippen LogP contribution in [-0.4, -0.2) is 6.21 Å². The fourth-order valence-corrected chi connectivity index (χ4v) is 4.80. The van der Waals surface area contributed by atoms with E-state index in [9.17, 15) is 0 Å². The summed E-state index contributed by atoms with van der Waals surface area (Å²) in [5, 5.41) is 2.52. The second-order valence-electron chi connectivity index (χ2n) is 8.48. The summed E-state index contributed by atoms with van der Waals surface area (Å²) < 4.78 is 0. The van der Waals surface area contributed by atoms with Crippen LogP contribution in [0.2, 0.25) is 0 Å². The van der Waals surface area contributed by atoms with Gasteiger partial charge in [-0.1, -0.05) is 76.9 Å². The molecule has 4 rings (SSSR count). The zero-order chi connectivity index (χ0) is 20.7. The van der Waals surface area contributed by atoms with Crippen LogP contribution in [0.15, 0.2) is 76.3 Å². The summed E-state index contributed by atoms with van der Waals surface area (Å²) in [6.45, 7) is 13.2. The van der Waals surface area contributed by atoms with Crippen molar-refractivity contribution >= 4 is 22.7 Å². The Bertz CT molecular complexity index is 1180. The van der Waals surface area contributed by atoms with E-state index in [4.69, 9.17) is 4.99 Å². The maximum absolute atomic E-state index is 5.01. The maximum Gasteiger partial charge on any atom is 0.0688 e. The molecule has 1 aliphatic rings. The van der Waals surface area contributed by atoms with Crippen LogP contribution in [0.1, 0.15) is 54.5 Å². The minimum atomic E-state index is 0.335. The molecule has 1 unspecified atom stereocenters. The molecule has 0 bridgehead atoms. The van der Waals surface area contributed by atoms with E-state index in [1.54, 1.807) is 0 Å². The highest BCUT2D eigenvalue weighted by Gasteiger charge is 2.24. The SMILES string of the molecule is CC1=CC(C)=C(C)C1c1ccc2ccccc2c1C=Nc1c(C)cc(C)cc1C. The van der Waals surface area contributed by atoms with E-state index in [0.29, 0.717) is 5.92 Å². The van der Waals surface area contributed by atoms with Crippen LogP contribution >= 0.6 is 0 Å². The zero-order valence-electron chi connectivity index (χ0n) is 18.3. The van der Waals surface area contributed by atoms with Gasteiger partial charge in [0, 0.05) is 17.7 Å². The molecule has 29 heavy (non-hydrogen) atoms. The molecule has 1 aliphatic carbocycles. The maximum atomic E-state index is 5.01. The van der Waals surface area contributed by atoms with E-state index in [0.717, 1.165) is 5.69 Å². The Balaban J connectivity index is 1.93. The van der Waals surface area contributed by atoms with Crippen molar-refractivity contribution in [2.75, 3.05) is 0 Å². The Labute approximate surface area is 174 Å². The van der Waals surface area contributed by atoms with Crippen molar-refractivity contribution in [1.82, 2.24) is 0 Å². The van der Waals surface area contributed by atoms with Gasteiger partial charge in [0.1, 0.15) is 0 Å². The van der Waals surface area contributed by atoms with Crippen LogP contribution in [0, 0.1) is 20.8 Å². The quantitative estimate of drug-likeness (QED) is 0.410. The van der Waals surface area contributed by atoms with Crippen molar-refractivity contribution in [2.45, 2.75) is 47.5 Å². The molecule has 0 saturated carbocycles. The normalized spacial score (nSPS) is 16.9. The number of fused-ring (bicyclic) bond motifs is 1. The van der Waals surface area contributed by atoms with Crippen molar-refractivity contribution in [3.05, 3.63) is 99.1 Å². The first-order valence-electron chi connectivity index (χ1n) is 10.4. The lowest BCUT2D eigenvalue weighted by atomic mass is 9.84. The molecular formula is C28H29N. The molecule has 3 aromatic rings. The zero-order valence-corrected chi connectivity index (χ0v) is 18.3. The summed E-state index contributed by atoms with van der Waals surface area (Å²) in [5.41, 5.74) is 11.6. The topological polar surface area (TPSA) is 12.4 Å². The van der Waals surface area contributed by atoms with Crippen LogP contribution in [-0.2, 0) is 0 Å². The average molecular weight is 380 g/mol. The summed E-state index contributed by atoms with van der Waals surface area (Å²) >= 11 is 0. The van der Waals surface area contributed by atoms with E-state index >= 15 is 0 Å². The minimum absolute atomic E-state index is 0.335. The molecule has 3 aromatic carbocycles. The van der Waals surface area contributed by atoms with Crippen LogP contribution in [0.5, 0.6) is 0 Å². The molecule has 146 valence electrons. The lowest BCUT2D eigenvalue weighted by Gasteiger charge is -2.20. The second-order valence-corrected chi connectivity index (χ2v) is 8.48. The van der Waals surface area contributed by atoms with Gasteiger partial charge >= 0.3 is 0 Å². The second kappa shape index (κ2) is 7.48. The molecule has 1 atom stereocenters. The van der Waals surface area contributed by atoms with E-state index in [1.807, 2.05) is 0 Å². The lowest BCUT2D eigenvalue weighted by molar-refractivity contribution is 0.939. The first-order chi connectivity index (χ1) is 13.9. The molecule has 0 N–H and O–H groups in total. The monoisotopic (exact) mass is 379 g/mol. The summed E-state index contributed by atoms with van der Waals surface area (Å²) in [7, 11) is 0. The first-order valence-corrected chi connectivity index (χ1v) is 10.4. The minimum Gasteiger partial charge on any atom is -0.256 e. The first kappa shape index (κ1) is 19.4. The highest BCUT2D eigenvalue weighted by molar-refractivity contribution is 6.02. The Hall–Kier alpha value is -2.93. The predicted molar refractivity (Wildman–Crippen MR) is 127 cm³/mol. The Morgan fingerprint density at radius 3 is 2.17 bits per heavy atom. The summed E-state index contributed by atoms with van der Waals surface area (Å²) in [4.78, 5) is 5.01. The molecule has 0 amide bonds. The van der Waals surface area contributed by atoms with Gasteiger partial charge in [0.05, 0.1) is 5.69 Å². The van der Waals surface area contributed by atoms with Crippen LogP contribution in [0.25, 0.3) is 10.8 Å². The van der Waals surface area contributed by atoms with Gasteiger partial charge in [0.2, 0.25) is 0 Å². The van der Waals surface area contributed by atoms with Crippen LogP contribution in [0.3, 0.4) is 0 Å². The van der Waals surface area contributed by atoms with Crippen LogP contribution in [0.4, 0.5) is 5.69 Å². The van der Waals surface area contributed by atoms with Gasteiger partial charge in [-0.2, -0.15) is 0 Å². The number of benzene rings is 3. The number of nitrogens with zero attached hydrogens (tertiary/aromatic N) is 1. The Morgan fingerprint density at radius 2 is 1.52 bits per heavy atom. The van der Waals surface area contributed by atoms with Gasteiger partial charge in [0.25, 0.3) is 0 Å². The largest absolute Gasteiger partial charge is 0.256 e. The van der Waals surface area contributed by atoms with Crippen molar-refractivity contribution in [3.63, 3.8) is 0 Å². The van der Waals surface area contributed by atoms with Gasteiger partial charge in [-0.3, -0.25) is 4.99 Å². The summed E-state index contributed by atoms with van der Waals surface area (Å²) in [6.07, 6.45) is 4.42. The van der Waals surface area contributed by atoms with E-state index < -0.39 is 0 Å². The van der Waals surface area contributed by atoms with E-state index in [-0.39, 0.29) is 0 Å². The van der Waals surface area contributed by atoms with Crippen molar-refractivity contribution in [3.8, 4) is 0 Å². The van der Waals surface area contributed by atoms with Gasteiger partial charge in [0.15, 0.2) is 0 Å². The molecule has 0 spiro atoms. The molecule has 1 heteroatoms. The Morgan fingerprint density at radius 1 is 0.828 bits per heavy atom. The molecule has 0 aliphatic heterocycles. The average Bonchev–Trinajstić information content (AvgIpc) is 2.92. The molecule has 0 radical (unpaired) electrons. The third kappa shape index (κ3) is 3.46. The van der Waals surface area contributed by atoms with Gasteiger partial charge in [-0.05, 0) is 69.0 Å². The van der Waals surface area contributed by atoms with Crippen molar-refractivity contribution in [1.29, 1.82) is 0 Å². The van der Waals surface area contributed by atoms with Crippen LogP contribution < -0.4 is 0 Å². The smallest absolute Gasteiger partial charge is 0.0688 e. The number of allylic oxidation sites excluding steroid dienone is 4. The molecular weight excluding hydrogens is 350 g/mol. The highest BCUT2D eigenvalue weighted by atomic mass is 14.7. The number of hydrogen-bond acceptors (Lipinski definition) is 1. The third-order valence-corrected chi connectivity index (χ3v) is 6.23. The fraction of sp³-hybridized carbons (Fsp3) is 0.250.